The van der Waals surface area contributed by atoms with Crippen molar-refractivity contribution < 1.29 is 0 Å². The van der Waals surface area contributed by atoms with E-state index < -0.39 is 0 Å². The van der Waals surface area contributed by atoms with Crippen LogP contribution in [-0.2, 0) is 0 Å². The third kappa shape index (κ3) is 1.59. The minimum atomic E-state index is -0.149. The summed E-state index contributed by atoms with van der Waals surface area (Å²) >= 11 is 0. The van der Waals surface area contributed by atoms with Gasteiger partial charge in [-0.25, -0.2) is 0 Å². The zero-order valence-corrected chi connectivity index (χ0v) is 10.8. The van der Waals surface area contributed by atoms with Gasteiger partial charge in [-0.05, 0) is 50.4 Å². The molecule has 1 heteroatoms. The summed E-state index contributed by atoms with van der Waals surface area (Å²) in [5, 5.41) is 9.45. The quantitative estimate of drug-likeness (QED) is 0.555. The van der Waals surface area contributed by atoms with Gasteiger partial charge in [0.1, 0.15) is 0 Å². The molecule has 16 heavy (non-hydrogen) atoms. The van der Waals surface area contributed by atoms with Crippen molar-refractivity contribution in [2.45, 2.75) is 52.9 Å². The number of nitrogens with zero attached hydrogens (tertiary/aromatic N) is 1. The van der Waals surface area contributed by atoms with Gasteiger partial charge in [0.05, 0.1) is 11.5 Å². The van der Waals surface area contributed by atoms with Gasteiger partial charge in [-0.3, -0.25) is 0 Å². The summed E-state index contributed by atoms with van der Waals surface area (Å²) in [6.07, 6.45) is 5.93. The zero-order valence-electron chi connectivity index (χ0n) is 10.8. The highest BCUT2D eigenvalue weighted by atomic mass is 14.6. The summed E-state index contributed by atoms with van der Waals surface area (Å²) in [4.78, 5) is 0. The van der Waals surface area contributed by atoms with Crippen LogP contribution >= 0.6 is 0 Å². The molecule has 0 saturated heterocycles. The summed E-state index contributed by atoms with van der Waals surface area (Å²) in [6.45, 7) is 11.2. The summed E-state index contributed by atoms with van der Waals surface area (Å²) in [7, 11) is 0. The van der Waals surface area contributed by atoms with Gasteiger partial charge in [0.15, 0.2) is 0 Å². The molecule has 2 aliphatic carbocycles. The SMILES string of the molecule is C=C1CCCC(C)(C)[C@@H]2CC[C@@](C)(C#N)[C@H]12. The second-order valence-corrected chi connectivity index (χ2v) is 6.65. The van der Waals surface area contributed by atoms with E-state index in [-0.39, 0.29) is 5.41 Å². The average molecular weight is 217 g/mol. The minimum Gasteiger partial charge on any atom is -0.198 e. The van der Waals surface area contributed by atoms with Crippen LogP contribution in [0.1, 0.15) is 52.9 Å². The van der Waals surface area contributed by atoms with E-state index in [1.807, 2.05) is 0 Å². The first kappa shape index (κ1) is 11.7. The lowest BCUT2D eigenvalue weighted by Gasteiger charge is -2.36. The van der Waals surface area contributed by atoms with E-state index in [9.17, 15) is 5.26 Å². The van der Waals surface area contributed by atoms with Crippen LogP contribution in [0.2, 0.25) is 0 Å². The van der Waals surface area contributed by atoms with Crippen molar-refractivity contribution in [2.75, 3.05) is 0 Å². The van der Waals surface area contributed by atoms with E-state index in [2.05, 4.69) is 33.4 Å². The number of rotatable bonds is 0. The van der Waals surface area contributed by atoms with Gasteiger partial charge in [-0.2, -0.15) is 5.26 Å². The van der Waals surface area contributed by atoms with Crippen LogP contribution in [0.15, 0.2) is 12.2 Å². The summed E-state index contributed by atoms with van der Waals surface area (Å²) in [5.41, 5.74) is 1.58. The fourth-order valence-corrected chi connectivity index (χ4v) is 4.04. The molecule has 0 radical (unpaired) electrons. The highest BCUT2D eigenvalue weighted by molar-refractivity contribution is 5.21. The predicted molar refractivity (Wildman–Crippen MR) is 66.7 cm³/mol. The molecule has 3 atom stereocenters. The molecule has 0 aromatic heterocycles. The maximum atomic E-state index is 9.45. The molecule has 0 aliphatic heterocycles. The van der Waals surface area contributed by atoms with Gasteiger partial charge in [-0.15, -0.1) is 0 Å². The normalized spacial score (nSPS) is 42.2. The Kier molecular flexibility index (Phi) is 2.65. The highest BCUT2D eigenvalue weighted by Gasteiger charge is 2.52. The predicted octanol–water partition coefficient (Wildman–Crippen LogP) is 4.31. The van der Waals surface area contributed by atoms with Crippen molar-refractivity contribution in [1.82, 2.24) is 0 Å². The second kappa shape index (κ2) is 3.62. The molecule has 0 spiro atoms. The van der Waals surface area contributed by atoms with Crippen molar-refractivity contribution in [3.63, 3.8) is 0 Å². The van der Waals surface area contributed by atoms with Gasteiger partial charge in [-0.1, -0.05) is 26.0 Å². The number of hydrogen-bond donors (Lipinski definition) is 0. The fourth-order valence-electron chi connectivity index (χ4n) is 4.04. The van der Waals surface area contributed by atoms with Crippen LogP contribution in [0.5, 0.6) is 0 Å². The smallest absolute Gasteiger partial charge is 0.0693 e. The van der Waals surface area contributed by atoms with Crippen LogP contribution in [-0.4, -0.2) is 0 Å². The summed E-state index contributed by atoms with van der Waals surface area (Å²) in [5.74, 6) is 1.11. The molecular formula is C15H23N. The summed E-state index contributed by atoms with van der Waals surface area (Å²) in [6, 6.07) is 2.57. The van der Waals surface area contributed by atoms with Crippen molar-refractivity contribution in [2.24, 2.45) is 22.7 Å². The van der Waals surface area contributed by atoms with Gasteiger partial charge in [0.2, 0.25) is 0 Å². The Bertz CT molecular complexity index is 347. The number of allylic oxidation sites excluding steroid dienone is 1. The maximum Gasteiger partial charge on any atom is 0.0693 e. The molecule has 0 heterocycles. The van der Waals surface area contributed by atoms with Gasteiger partial charge < -0.3 is 0 Å². The third-order valence-corrected chi connectivity index (χ3v) is 5.08. The van der Waals surface area contributed by atoms with Gasteiger partial charge in [0, 0.05) is 5.92 Å². The Morgan fingerprint density at radius 2 is 2.00 bits per heavy atom. The second-order valence-electron chi connectivity index (χ2n) is 6.65. The van der Waals surface area contributed by atoms with Crippen LogP contribution in [0, 0.1) is 34.0 Å². The largest absolute Gasteiger partial charge is 0.198 e. The number of fused-ring (bicyclic) bond motifs is 1. The van der Waals surface area contributed by atoms with E-state index in [0.29, 0.717) is 17.3 Å². The van der Waals surface area contributed by atoms with Crippen LogP contribution < -0.4 is 0 Å². The van der Waals surface area contributed by atoms with E-state index in [1.54, 1.807) is 0 Å². The molecule has 1 nitrogen and oxygen atoms in total. The van der Waals surface area contributed by atoms with Crippen LogP contribution in [0.3, 0.4) is 0 Å². The molecule has 2 fully saturated rings. The number of hydrogen-bond acceptors (Lipinski definition) is 1. The van der Waals surface area contributed by atoms with E-state index in [0.717, 1.165) is 12.8 Å². The molecule has 2 saturated carbocycles. The van der Waals surface area contributed by atoms with Crippen molar-refractivity contribution in [3.05, 3.63) is 12.2 Å². The molecule has 0 aromatic carbocycles. The van der Waals surface area contributed by atoms with Crippen molar-refractivity contribution >= 4 is 0 Å². The molecule has 2 aliphatic rings. The van der Waals surface area contributed by atoms with E-state index in [1.165, 1.54) is 24.8 Å². The van der Waals surface area contributed by atoms with Gasteiger partial charge in [0.25, 0.3) is 0 Å². The first-order valence-corrected chi connectivity index (χ1v) is 6.50. The maximum absolute atomic E-state index is 9.45. The first-order chi connectivity index (χ1) is 7.41. The molecule has 2 rings (SSSR count). The zero-order chi connectivity index (χ0) is 12.0. The monoisotopic (exact) mass is 217 g/mol. The minimum absolute atomic E-state index is 0.149. The Labute approximate surface area is 99.5 Å². The van der Waals surface area contributed by atoms with Crippen LogP contribution in [0.25, 0.3) is 0 Å². The first-order valence-electron chi connectivity index (χ1n) is 6.50. The van der Waals surface area contributed by atoms with Crippen molar-refractivity contribution in [1.29, 1.82) is 5.26 Å². The third-order valence-electron chi connectivity index (χ3n) is 5.08. The Balaban J connectivity index is 2.40. The standard InChI is InChI=1S/C15H23N/c1-11-6-5-8-14(2,3)12-7-9-15(4,10-16)13(11)12/h12-13H,1,5-9H2,2-4H3/t12-,13-,15+/m1/s1. The highest BCUT2D eigenvalue weighted by Crippen LogP contribution is 2.58. The Morgan fingerprint density at radius 3 is 2.62 bits per heavy atom. The van der Waals surface area contributed by atoms with E-state index in [4.69, 9.17) is 0 Å². The topological polar surface area (TPSA) is 23.8 Å². The number of nitriles is 1. The van der Waals surface area contributed by atoms with E-state index >= 15 is 0 Å². The van der Waals surface area contributed by atoms with Gasteiger partial charge >= 0.3 is 0 Å². The molecule has 88 valence electrons. The molecule has 0 amide bonds. The molecular weight excluding hydrogens is 194 g/mol. The van der Waals surface area contributed by atoms with Crippen molar-refractivity contribution in [3.8, 4) is 6.07 Å². The molecule has 0 bridgehead atoms. The fraction of sp³-hybridized carbons (Fsp3) is 0.800. The lowest BCUT2D eigenvalue weighted by atomic mass is 9.67. The molecule has 0 N–H and O–H groups in total. The molecule has 0 aromatic rings. The Hall–Kier alpha value is -0.770. The van der Waals surface area contributed by atoms with Crippen LogP contribution in [0.4, 0.5) is 0 Å². The Morgan fingerprint density at radius 1 is 1.31 bits per heavy atom. The average Bonchev–Trinajstić information content (AvgIpc) is 2.51. The lowest BCUT2D eigenvalue weighted by Crippen LogP contribution is -2.31. The summed E-state index contributed by atoms with van der Waals surface area (Å²) < 4.78 is 0. The lowest BCUT2D eigenvalue weighted by molar-refractivity contribution is 0.155. The molecule has 0 unspecified atom stereocenters.